The Morgan fingerprint density at radius 2 is 2.24 bits per heavy atom. The van der Waals surface area contributed by atoms with Gasteiger partial charge in [0, 0.05) is 34.5 Å². The molecule has 0 aliphatic carbocycles. The minimum Gasteiger partial charge on any atom is -0.378 e. The predicted octanol–water partition coefficient (Wildman–Crippen LogP) is 3.59. The molecule has 2 rings (SSSR count). The van der Waals surface area contributed by atoms with Crippen LogP contribution in [0, 0.1) is 0 Å². The average molecular weight is 339 g/mol. The number of rotatable bonds is 3. The van der Waals surface area contributed by atoms with Crippen molar-refractivity contribution in [2.24, 2.45) is 0 Å². The Hall–Kier alpha value is 0.200. The van der Waals surface area contributed by atoms with Gasteiger partial charge in [-0.3, -0.25) is 4.90 Å². The van der Waals surface area contributed by atoms with Gasteiger partial charge < -0.3 is 4.74 Å². The lowest BCUT2D eigenvalue weighted by molar-refractivity contribution is -0.00211. The van der Waals surface area contributed by atoms with E-state index in [1.807, 2.05) is 12.1 Å². The number of benzene rings is 1. The van der Waals surface area contributed by atoms with Crippen LogP contribution in [0.1, 0.15) is 5.56 Å². The van der Waals surface area contributed by atoms with Gasteiger partial charge in [0.05, 0.1) is 13.2 Å². The monoisotopic (exact) mass is 337 g/mol. The first-order chi connectivity index (χ1) is 8.20. The number of ether oxygens (including phenoxy) is 1. The van der Waals surface area contributed by atoms with Crippen LogP contribution in [0.4, 0.5) is 0 Å². The Kier molecular flexibility index (Phi) is 5.12. The molecule has 1 fully saturated rings. The van der Waals surface area contributed by atoms with Gasteiger partial charge in [0.2, 0.25) is 0 Å². The highest BCUT2D eigenvalue weighted by Gasteiger charge is 2.22. The van der Waals surface area contributed by atoms with E-state index in [2.05, 4.69) is 20.8 Å². The molecule has 0 bridgehead atoms. The molecule has 0 aromatic heterocycles. The minimum absolute atomic E-state index is 0.412. The maximum atomic E-state index is 6.19. The van der Waals surface area contributed by atoms with Crippen LogP contribution >= 0.6 is 39.1 Å². The Labute approximate surface area is 120 Å². The van der Waals surface area contributed by atoms with Crippen LogP contribution in [0.5, 0.6) is 0 Å². The first kappa shape index (κ1) is 13.6. The molecule has 1 heterocycles. The fraction of sp³-hybridized carbons (Fsp3) is 0.500. The zero-order chi connectivity index (χ0) is 12.3. The maximum absolute atomic E-state index is 6.19. The fourth-order valence-corrected chi connectivity index (χ4v) is 2.97. The van der Waals surface area contributed by atoms with E-state index in [1.54, 1.807) is 6.07 Å². The largest absolute Gasteiger partial charge is 0.378 e. The van der Waals surface area contributed by atoms with E-state index >= 15 is 0 Å². The molecule has 1 aliphatic rings. The van der Waals surface area contributed by atoms with Gasteiger partial charge in [0.15, 0.2) is 0 Å². The molecule has 1 saturated heterocycles. The van der Waals surface area contributed by atoms with Crippen molar-refractivity contribution in [2.75, 3.05) is 25.1 Å². The van der Waals surface area contributed by atoms with Crippen LogP contribution in [0.3, 0.4) is 0 Å². The van der Waals surface area contributed by atoms with Gasteiger partial charge in [-0.2, -0.15) is 0 Å². The molecule has 0 amide bonds. The molecular formula is C12H14BrCl2NO. The molecule has 1 aromatic rings. The van der Waals surface area contributed by atoms with Gasteiger partial charge in [-0.25, -0.2) is 0 Å². The summed E-state index contributed by atoms with van der Waals surface area (Å²) in [5, 5.41) is 2.33. The summed E-state index contributed by atoms with van der Waals surface area (Å²) in [5.41, 5.74) is 1.11. The number of hydrogen-bond donors (Lipinski definition) is 0. The van der Waals surface area contributed by atoms with Crippen molar-refractivity contribution in [3.8, 4) is 0 Å². The lowest BCUT2D eigenvalue weighted by Crippen LogP contribution is -2.45. The molecule has 1 atom stereocenters. The Balaban J connectivity index is 2.08. The van der Waals surface area contributed by atoms with Crippen molar-refractivity contribution < 1.29 is 4.74 Å². The van der Waals surface area contributed by atoms with Gasteiger partial charge >= 0.3 is 0 Å². The van der Waals surface area contributed by atoms with E-state index < -0.39 is 0 Å². The van der Waals surface area contributed by atoms with E-state index in [1.165, 1.54) is 0 Å². The van der Waals surface area contributed by atoms with Gasteiger partial charge in [-0.15, -0.1) is 0 Å². The van der Waals surface area contributed by atoms with Gasteiger partial charge in [-0.05, 0) is 17.7 Å². The summed E-state index contributed by atoms with van der Waals surface area (Å²) in [6.45, 7) is 3.34. The SMILES string of the molecule is Clc1ccc(CN2CCOCC2CBr)c(Cl)c1. The summed E-state index contributed by atoms with van der Waals surface area (Å²) < 4.78 is 5.46. The maximum Gasteiger partial charge on any atom is 0.0630 e. The van der Waals surface area contributed by atoms with Gasteiger partial charge in [-0.1, -0.05) is 45.2 Å². The van der Waals surface area contributed by atoms with Crippen molar-refractivity contribution in [3.05, 3.63) is 33.8 Å². The smallest absolute Gasteiger partial charge is 0.0630 e. The summed E-state index contributed by atoms with van der Waals surface area (Å²) in [6, 6.07) is 6.08. The van der Waals surface area contributed by atoms with Crippen LogP contribution < -0.4 is 0 Å². The Morgan fingerprint density at radius 3 is 2.94 bits per heavy atom. The van der Waals surface area contributed by atoms with Crippen LogP contribution in [0.2, 0.25) is 10.0 Å². The third-order valence-corrected chi connectivity index (χ3v) is 4.25. The predicted molar refractivity (Wildman–Crippen MR) is 75.3 cm³/mol. The molecule has 0 spiro atoms. The van der Waals surface area contributed by atoms with E-state index in [9.17, 15) is 0 Å². The van der Waals surface area contributed by atoms with E-state index in [0.29, 0.717) is 11.1 Å². The van der Waals surface area contributed by atoms with Gasteiger partial charge in [0.1, 0.15) is 0 Å². The second-order valence-corrected chi connectivity index (χ2v) is 5.58. The molecule has 1 unspecified atom stereocenters. The molecule has 1 aliphatic heterocycles. The molecule has 5 heteroatoms. The van der Waals surface area contributed by atoms with Crippen LogP contribution in [-0.4, -0.2) is 36.0 Å². The van der Waals surface area contributed by atoms with Crippen molar-refractivity contribution in [2.45, 2.75) is 12.6 Å². The second kappa shape index (κ2) is 6.39. The van der Waals surface area contributed by atoms with Crippen LogP contribution in [0.15, 0.2) is 18.2 Å². The van der Waals surface area contributed by atoms with Crippen molar-refractivity contribution in [1.82, 2.24) is 4.90 Å². The first-order valence-electron chi connectivity index (χ1n) is 5.52. The van der Waals surface area contributed by atoms with Crippen molar-refractivity contribution in [1.29, 1.82) is 0 Å². The molecule has 0 saturated carbocycles. The Bertz CT molecular complexity index is 389. The molecule has 94 valence electrons. The molecule has 1 aromatic carbocycles. The fourth-order valence-electron chi connectivity index (χ4n) is 1.91. The molecule has 0 N–H and O–H groups in total. The van der Waals surface area contributed by atoms with Crippen molar-refractivity contribution in [3.63, 3.8) is 0 Å². The highest BCUT2D eigenvalue weighted by atomic mass is 79.9. The number of nitrogens with zero attached hydrogens (tertiary/aromatic N) is 1. The quantitative estimate of drug-likeness (QED) is 0.781. The highest BCUT2D eigenvalue weighted by Crippen LogP contribution is 2.23. The first-order valence-corrected chi connectivity index (χ1v) is 7.40. The molecular weight excluding hydrogens is 325 g/mol. The number of morpholine rings is 1. The normalized spacial score (nSPS) is 21.7. The third-order valence-electron chi connectivity index (χ3n) is 2.92. The molecule has 0 radical (unpaired) electrons. The van der Waals surface area contributed by atoms with E-state index in [-0.39, 0.29) is 0 Å². The minimum atomic E-state index is 0.412. The zero-order valence-corrected chi connectivity index (χ0v) is 12.4. The number of hydrogen-bond acceptors (Lipinski definition) is 2. The summed E-state index contributed by atoms with van der Waals surface area (Å²) in [6.07, 6.45) is 0. The lowest BCUT2D eigenvalue weighted by Gasteiger charge is -2.34. The van der Waals surface area contributed by atoms with Crippen LogP contribution in [-0.2, 0) is 11.3 Å². The van der Waals surface area contributed by atoms with E-state index in [4.69, 9.17) is 27.9 Å². The summed E-state index contributed by atoms with van der Waals surface area (Å²) in [5.74, 6) is 0. The standard InChI is InChI=1S/C12H14BrCl2NO/c13-6-11-8-17-4-3-16(11)7-9-1-2-10(14)5-12(9)15/h1-2,5,11H,3-4,6-8H2. The number of alkyl halides is 1. The van der Waals surface area contributed by atoms with Gasteiger partial charge in [0.25, 0.3) is 0 Å². The van der Waals surface area contributed by atoms with Crippen LogP contribution in [0.25, 0.3) is 0 Å². The van der Waals surface area contributed by atoms with E-state index in [0.717, 1.165) is 42.2 Å². The molecule has 2 nitrogen and oxygen atoms in total. The third kappa shape index (κ3) is 3.58. The summed E-state index contributed by atoms with van der Waals surface area (Å²) in [7, 11) is 0. The zero-order valence-electron chi connectivity index (χ0n) is 9.33. The topological polar surface area (TPSA) is 12.5 Å². The summed E-state index contributed by atoms with van der Waals surface area (Å²) in [4.78, 5) is 2.38. The summed E-state index contributed by atoms with van der Waals surface area (Å²) >= 11 is 15.6. The van der Waals surface area contributed by atoms with Crippen molar-refractivity contribution >= 4 is 39.1 Å². The number of halogens is 3. The highest BCUT2D eigenvalue weighted by molar-refractivity contribution is 9.09. The second-order valence-electron chi connectivity index (χ2n) is 4.09. The molecule has 17 heavy (non-hydrogen) atoms. The average Bonchev–Trinajstić information content (AvgIpc) is 2.33. The lowest BCUT2D eigenvalue weighted by atomic mass is 10.1. The Morgan fingerprint density at radius 1 is 1.41 bits per heavy atom.